The van der Waals surface area contributed by atoms with Gasteiger partial charge in [0.25, 0.3) is 5.91 Å². The Bertz CT molecular complexity index is 951. The Hall–Kier alpha value is -3.02. The topological polar surface area (TPSA) is 78.2 Å². The SMILES string of the molecule is O=C(c1cc[nH]c(=O)c1)N1CCC(Oc2cccc3[nH]ccc23)CC1. The Morgan fingerprint density at radius 2 is 1.88 bits per heavy atom. The average molecular weight is 337 g/mol. The van der Waals surface area contributed by atoms with Gasteiger partial charge in [0.2, 0.25) is 5.56 Å². The molecule has 128 valence electrons. The Labute approximate surface area is 144 Å². The van der Waals surface area contributed by atoms with Crippen LogP contribution < -0.4 is 10.3 Å². The summed E-state index contributed by atoms with van der Waals surface area (Å²) >= 11 is 0. The average Bonchev–Trinajstić information content (AvgIpc) is 3.12. The lowest BCUT2D eigenvalue weighted by molar-refractivity contribution is 0.0598. The third-order valence-corrected chi connectivity index (χ3v) is 4.60. The highest BCUT2D eigenvalue weighted by Crippen LogP contribution is 2.27. The molecule has 1 fully saturated rings. The largest absolute Gasteiger partial charge is 0.490 e. The van der Waals surface area contributed by atoms with Crippen molar-refractivity contribution in [3.63, 3.8) is 0 Å². The number of nitrogens with zero attached hydrogens (tertiary/aromatic N) is 1. The number of fused-ring (bicyclic) bond motifs is 1. The van der Waals surface area contributed by atoms with E-state index < -0.39 is 0 Å². The van der Waals surface area contributed by atoms with Gasteiger partial charge in [0.15, 0.2) is 0 Å². The van der Waals surface area contributed by atoms with Crippen LogP contribution in [0.3, 0.4) is 0 Å². The summed E-state index contributed by atoms with van der Waals surface area (Å²) in [6, 6.07) is 11.0. The van der Waals surface area contributed by atoms with Crippen LogP contribution in [0.4, 0.5) is 0 Å². The molecule has 2 N–H and O–H groups in total. The van der Waals surface area contributed by atoms with E-state index in [4.69, 9.17) is 4.74 Å². The minimum Gasteiger partial charge on any atom is -0.490 e. The lowest BCUT2D eigenvalue weighted by Gasteiger charge is -2.32. The molecular formula is C19H19N3O3. The molecule has 0 saturated carbocycles. The predicted octanol–water partition coefficient (Wildman–Crippen LogP) is 2.54. The van der Waals surface area contributed by atoms with Crippen molar-refractivity contribution in [2.24, 2.45) is 0 Å². The fourth-order valence-electron chi connectivity index (χ4n) is 3.28. The zero-order valence-corrected chi connectivity index (χ0v) is 13.7. The monoisotopic (exact) mass is 337 g/mol. The number of likely N-dealkylation sites (tertiary alicyclic amines) is 1. The number of ether oxygens (including phenoxy) is 1. The number of carbonyl (C=O) groups is 1. The fraction of sp³-hybridized carbons (Fsp3) is 0.263. The van der Waals surface area contributed by atoms with Crippen molar-refractivity contribution in [3.05, 3.63) is 64.7 Å². The highest BCUT2D eigenvalue weighted by Gasteiger charge is 2.25. The van der Waals surface area contributed by atoms with Gasteiger partial charge in [-0.05, 0) is 24.3 Å². The van der Waals surface area contributed by atoms with Gasteiger partial charge in [-0.25, -0.2) is 0 Å². The maximum Gasteiger partial charge on any atom is 0.254 e. The van der Waals surface area contributed by atoms with Gasteiger partial charge in [-0.2, -0.15) is 0 Å². The molecule has 4 rings (SSSR count). The van der Waals surface area contributed by atoms with Gasteiger partial charge in [-0.1, -0.05) is 6.07 Å². The molecule has 2 aromatic heterocycles. The first-order valence-electron chi connectivity index (χ1n) is 8.41. The van der Waals surface area contributed by atoms with Gasteiger partial charge in [0.1, 0.15) is 11.9 Å². The number of hydrogen-bond donors (Lipinski definition) is 2. The van der Waals surface area contributed by atoms with Crippen molar-refractivity contribution >= 4 is 16.8 Å². The van der Waals surface area contributed by atoms with Gasteiger partial charge < -0.3 is 19.6 Å². The van der Waals surface area contributed by atoms with Crippen LogP contribution in [0.2, 0.25) is 0 Å². The van der Waals surface area contributed by atoms with E-state index in [-0.39, 0.29) is 17.6 Å². The van der Waals surface area contributed by atoms with Crippen molar-refractivity contribution in [1.29, 1.82) is 0 Å². The number of nitrogens with one attached hydrogen (secondary N) is 2. The number of hydrogen-bond acceptors (Lipinski definition) is 3. The summed E-state index contributed by atoms with van der Waals surface area (Å²) < 4.78 is 6.17. The summed E-state index contributed by atoms with van der Waals surface area (Å²) in [6.07, 6.45) is 5.04. The maximum atomic E-state index is 12.5. The summed E-state index contributed by atoms with van der Waals surface area (Å²) in [6.45, 7) is 1.25. The first-order valence-corrected chi connectivity index (χ1v) is 8.41. The smallest absolute Gasteiger partial charge is 0.254 e. The van der Waals surface area contributed by atoms with E-state index in [9.17, 15) is 9.59 Å². The summed E-state index contributed by atoms with van der Waals surface area (Å²) in [7, 11) is 0. The fourth-order valence-corrected chi connectivity index (χ4v) is 3.28. The molecule has 0 radical (unpaired) electrons. The Morgan fingerprint density at radius 3 is 2.68 bits per heavy atom. The van der Waals surface area contributed by atoms with Crippen LogP contribution in [0.15, 0.2) is 53.6 Å². The molecule has 3 heterocycles. The van der Waals surface area contributed by atoms with Crippen LogP contribution in [0.25, 0.3) is 10.9 Å². The second kappa shape index (κ2) is 6.47. The highest BCUT2D eigenvalue weighted by molar-refractivity contribution is 5.94. The standard InChI is InChI=1S/C19H19N3O3/c23-18-12-13(4-8-21-18)19(24)22-10-6-14(7-11-22)25-17-3-1-2-16-15(17)5-9-20-16/h1-5,8-9,12,14,20H,6-7,10-11H2,(H,21,23). The second-order valence-electron chi connectivity index (χ2n) is 6.25. The van der Waals surface area contributed by atoms with Crippen LogP contribution in [0, 0.1) is 0 Å². The van der Waals surface area contributed by atoms with E-state index in [1.165, 1.54) is 12.3 Å². The van der Waals surface area contributed by atoms with E-state index in [1.54, 1.807) is 11.0 Å². The molecule has 25 heavy (non-hydrogen) atoms. The number of aromatic amines is 2. The van der Waals surface area contributed by atoms with Crippen molar-refractivity contribution < 1.29 is 9.53 Å². The summed E-state index contributed by atoms with van der Waals surface area (Å²) in [5.41, 5.74) is 1.23. The number of H-pyrrole nitrogens is 2. The molecule has 1 aliphatic rings. The highest BCUT2D eigenvalue weighted by atomic mass is 16.5. The van der Waals surface area contributed by atoms with E-state index in [2.05, 4.69) is 9.97 Å². The molecule has 1 saturated heterocycles. The number of pyridine rings is 1. The van der Waals surface area contributed by atoms with Gasteiger partial charge in [0.05, 0.1) is 0 Å². The van der Waals surface area contributed by atoms with Gasteiger partial charge >= 0.3 is 0 Å². The molecule has 0 aliphatic carbocycles. The number of carbonyl (C=O) groups excluding carboxylic acids is 1. The number of piperidine rings is 1. The molecule has 1 aliphatic heterocycles. The first kappa shape index (κ1) is 15.5. The summed E-state index contributed by atoms with van der Waals surface area (Å²) in [5.74, 6) is 0.774. The number of amides is 1. The van der Waals surface area contributed by atoms with Crippen LogP contribution in [0.5, 0.6) is 5.75 Å². The summed E-state index contributed by atoms with van der Waals surface area (Å²) in [5, 5.41) is 1.07. The van der Waals surface area contributed by atoms with Gasteiger partial charge in [-0.15, -0.1) is 0 Å². The predicted molar refractivity (Wildman–Crippen MR) is 94.9 cm³/mol. The molecule has 1 aromatic carbocycles. The zero-order chi connectivity index (χ0) is 17.2. The summed E-state index contributed by atoms with van der Waals surface area (Å²) in [4.78, 5) is 31.3. The third-order valence-electron chi connectivity index (χ3n) is 4.60. The first-order chi connectivity index (χ1) is 12.2. The molecular weight excluding hydrogens is 318 g/mol. The molecule has 3 aromatic rings. The Morgan fingerprint density at radius 1 is 1.08 bits per heavy atom. The van der Waals surface area contributed by atoms with Crippen LogP contribution in [-0.4, -0.2) is 40.0 Å². The van der Waals surface area contributed by atoms with E-state index >= 15 is 0 Å². The van der Waals surface area contributed by atoms with Gasteiger partial charge in [0, 0.05) is 60.9 Å². The van der Waals surface area contributed by atoms with Crippen molar-refractivity contribution in [3.8, 4) is 5.75 Å². The number of aromatic nitrogens is 2. The van der Waals surface area contributed by atoms with Gasteiger partial charge in [-0.3, -0.25) is 9.59 Å². The Balaban J connectivity index is 1.41. The lowest BCUT2D eigenvalue weighted by Crippen LogP contribution is -2.42. The van der Waals surface area contributed by atoms with Crippen molar-refractivity contribution in [1.82, 2.24) is 14.9 Å². The van der Waals surface area contributed by atoms with E-state index in [1.807, 2.05) is 30.5 Å². The van der Waals surface area contributed by atoms with Crippen LogP contribution >= 0.6 is 0 Å². The van der Waals surface area contributed by atoms with Crippen molar-refractivity contribution in [2.75, 3.05) is 13.1 Å². The minimum absolute atomic E-state index is 0.0868. The zero-order valence-electron chi connectivity index (χ0n) is 13.7. The van der Waals surface area contributed by atoms with Crippen LogP contribution in [-0.2, 0) is 0 Å². The van der Waals surface area contributed by atoms with Crippen molar-refractivity contribution in [2.45, 2.75) is 18.9 Å². The molecule has 1 amide bonds. The molecule has 0 atom stereocenters. The quantitative estimate of drug-likeness (QED) is 0.771. The third kappa shape index (κ3) is 3.15. The lowest BCUT2D eigenvalue weighted by atomic mass is 10.1. The molecule has 0 unspecified atom stereocenters. The van der Waals surface area contributed by atoms with Crippen LogP contribution in [0.1, 0.15) is 23.2 Å². The minimum atomic E-state index is -0.260. The Kier molecular flexibility index (Phi) is 4.01. The second-order valence-corrected chi connectivity index (χ2v) is 6.25. The molecule has 0 spiro atoms. The maximum absolute atomic E-state index is 12.5. The number of benzene rings is 1. The molecule has 0 bridgehead atoms. The number of rotatable bonds is 3. The normalized spacial score (nSPS) is 15.4. The van der Waals surface area contributed by atoms with E-state index in [0.717, 1.165) is 29.5 Å². The molecule has 6 nitrogen and oxygen atoms in total. The molecule has 6 heteroatoms. The van der Waals surface area contributed by atoms with E-state index in [0.29, 0.717) is 18.7 Å².